The number of halogens is 1. The molecule has 0 aliphatic heterocycles. The van der Waals surface area contributed by atoms with Crippen LogP contribution in [0.5, 0.6) is 0 Å². The van der Waals surface area contributed by atoms with Crippen molar-refractivity contribution in [3.63, 3.8) is 0 Å². The Labute approximate surface area is 142 Å². The topological polar surface area (TPSA) is 41.1 Å². The molecule has 0 bridgehead atoms. The lowest BCUT2D eigenvalue weighted by atomic mass is 10.0. The van der Waals surface area contributed by atoms with Gasteiger partial charge in [0.05, 0.1) is 6.04 Å². The van der Waals surface area contributed by atoms with E-state index in [1.54, 1.807) is 19.1 Å². The molecule has 3 rings (SSSR count). The summed E-state index contributed by atoms with van der Waals surface area (Å²) in [6.45, 7) is 3.55. The van der Waals surface area contributed by atoms with Gasteiger partial charge in [-0.15, -0.1) is 0 Å². The van der Waals surface area contributed by atoms with E-state index < -0.39 is 0 Å². The zero-order valence-corrected chi connectivity index (χ0v) is 14.1. The first-order valence-corrected chi connectivity index (χ1v) is 8.42. The van der Waals surface area contributed by atoms with Crippen molar-refractivity contribution in [2.45, 2.75) is 38.8 Å². The molecule has 1 fully saturated rings. The summed E-state index contributed by atoms with van der Waals surface area (Å²) in [5.41, 5.74) is 2.26. The van der Waals surface area contributed by atoms with Crippen LogP contribution in [-0.4, -0.2) is 11.9 Å². The average molecular weight is 326 g/mol. The summed E-state index contributed by atoms with van der Waals surface area (Å²) >= 11 is 0. The molecular weight excluding hydrogens is 303 g/mol. The summed E-state index contributed by atoms with van der Waals surface area (Å²) in [6, 6.07) is 14.8. The lowest BCUT2D eigenvalue weighted by molar-refractivity contribution is -0.118. The molecular formula is C20H23FN2O. The van der Waals surface area contributed by atoms with Gasteiger partial charge in [-0.05, 0) is 55.9 Å². The van der Waals surface area contributed by atoms with E-state index in [1.165, 1.54) is 24.5 Å². The van der Waals surface area contributed by atoms with Crippen LogP contribution < -0.4 is 10.6 Å². The number of rotatable bonds is 6. The quantitative estimate of drug-likeness (QED) is 0.835. The molecule has 2 N–H and O–H groups in total. The first kappa shape index (κ1) is 16.7. The zero-order chi connectivity index (χ0) is 17.1. The maximum atomic E-state index is 13.6. The lowest BCUT2D eigenvalue weighted by Crippen LogP contribution is -2.40. The van der Waals surface area contributed by atoms with Gasteiger partial charge in [0.2, 0.25) is 5.91 Å². The predicted molar refractivity (Wildman–Crippen MR) is 94.3 cm³/mol. The van der Waals surface area contributed by atoms with Crippen molar-refractivity contribution in [2.75, 3.05) is 5.32 Å². The molecule has 24 heavy (non-hydrogen) atoms. The monoisotopic (exact) mass is 326 g/mol. The Balaban J connectivity index is 1.65. The molecule has 1 amide bonds. The summed E-state index contributed by atoms with van der Waals surface area (Å²) in [5.74, 6) is 0.118. The van der Waals surface area contributed by atoms with Gasteiger partial charge in [-0.2, -0.15) is 0 Å². The average Bonchev–Trinajstić information content (AvgIpc) is 3.41. The van der Waals surface area contributed by atoms with E-state index in [4.69, 9.17) is 0 Å². The van der Waals surface area contributed by atoms with Gasteiger partial charge >= 0.3 is 0 Å². The van der Waals surface area contributed by atoms with Gasteiger partial charge in [0.1, 0.15) is 5.82 Å². The van der Waals surface area contributed by atoms with Crippen LogP contribution in [0, 0.1) is 18.7 Å². The molecule has 0 saturated heterocycles. The Hall–Kier alpha value is -2.20. The molecule has 2 atom stereocenters. The molecule has 126 valence electrons. The van der Waals surface area contributed by atoms with E-state index >= 15 is 0 Å². The summed E-state index contributed by atoms with van der Waals surface area (Å²) < 4.78 is 13.6. The van der Waals surface area contributed by atoms with Crippen LogP contribution in [0.1, 0.15) is 36.9 Å². The molecule has 3 nitrogen and oxygen atoms in total. The third-order valence-electron chi connectivity index (χ3n) is 4.51. The van der Waals surface area contributed by atoms with Crippen molar-refractivity contribution in [3.05, 3.63) is 65.5 Å². The van der Waals surface area contributed by atoms with E-state index in [0.717, 1.165) is 0 Å². The molecule has 2 aromatic rings. The molecule has 0 unspecified atom stereocenters. The van der Waals surface area contributed by atoms with Crippen LogP contribution in [0.15, 0.2) is 48.5 Å². The van der Waals surface area contributed by atoms with Crippen LogP contribution in [0.4, 0.5) is 10.1 Å². The fourth-order valence-electron chi connectivity index (χ4n) is 2.86. The van der Waals surface area contributed by atoms with Crippen molar-refractivity contribution >= 4 is 11.6 Å². The minimum Gasteiger partial charge on any atom is -0.325 e. The first-order valence-electron chi connectivity index (χ1n) is 8.42. The van der Waals surface area contributed by atoms with Crippen molar-refractivity contribution in [1.82, 2.24) is 5.32 Å². The summed E-state index contributed by atoms with van der Waals surface area (Å²) in [5, 5.41) is 6.22. The molecule has 2 aromatic carbocycles. The highest BCUT2D eigenvalue weighted by Crippen LogP contribution is 2.41. The number of carbonyl (C=O) groups is 1. The van der Waals surface area contributed by atoms with Crippen LogP contribution in [-0.2, 0) is 4.79 Å². The number of nitrogens with one attached hydrogen (secondary N) is 2. The third kappa shape index (κ3) is 4.01. The Kier molecular flexibility index (Phi) is 4.95. The van der Waals surface area contributed by atoms with Gasteiger partial charge in [0.25, 0.3) is 0 Å². The van der Waals surface area contributed by atoms with Crippen LogP contribution in [0.3, 0.4) is 0 Å². The number of carbonyl (C=O) groups excluding carboxylic acids is 1. The number of amides is 1. The second-order valence-electron chi connectivity index (χ2n) is 6.57. The highest BCUT2D eigenvalue weighted by molar-refractivity contribution is 5.94. The third-order valence-corrected chi connectivity index (χ3v) is 4.51. The lowest BCUT2D eigenvalue weighted by Gasteiger charge is -2.23. The maximum Gasteiger partial charge on any atom is 0.241 e. The van der Waals surface area contributed by atoms with Gasteiger partial charge < -0.3 is 5.32 Å². The fourth-order valence-corrected chi connectivity index (χ4v) is 2.86. The van der Waals surface area contributed by atoms with Crippen molar-refractivity contribution in [1.29, 1.82) is 0 Å². The number of benzene rings is 2. The molecule has 0 aromatic heterocycles. The molecule has 0 spiro atoms. The van der Waals surface area contributed by atoms with Crippen LogP contribution in [0.25, 0.3) is 0 Å². The number of anilines is 1. The number of hydrogen-bond donors (Lipinski definition) is 2. The normalized spacial score (nSPS) is 16.5. The first-order chi connectivity index (χ1) is 11.5. The Bertz CT molecular complexity index is 713. The summed E-state index contributed by atoms with van der Waals surface area (Å²) in [4.78, 5) is 12.4. The van der Waals surface area contributed by atoms with Crippen molar-refractivity contribution in [3.8, 4) is 0 Å². The largest absolute Gasteiger partial charge is 0.325 e. The Morgan fingerprint density at radius 2 is 1.88 bits per heavy atom. The molecule has 0 heterocycles. The van der Waals surface area contributed by atoms with Gasteiger partial charge in [-0.1, -0.05) is 36.4 Å². The van der Waals surface area contributed by atoms with Gasteiger partial charge in [-0.3, -0.25) is 10.1 Å². The SMILES string of the molecule is Cc1ccc(NC(=O)[C@@H](C)N[C@@H](c2ccccc2)C2CC2)cc1F. The molecule has 4 heteroatoms. The zero-order valence-electron chi connectivity index (χ0n) is 14.1. The number of hydrogen-bond acceptors (Lipinski definition) is 2. The molecule has 0 radical (unpaired) electrons. The van der Waals surface area contributed by atoms with Crippen LogP contribution >= 0.6 is 0 Å². The highest BCUT2D eigenvalue weighted by Gasteiger charge is 2.33. The molecule has 1 aliphatic carbocycles. The minimum atomic E-state index is -0.361. The van der Waals surface area contributed by atoms with Crippen molar-refractivity contribution < 1.29 is 9.18 Å². The predicted octanol–water partition coefficient (Wildman–Crippen LogP) is 4.20. The second kappa shape index (κ2) is 7.14. The van der Waals surface area contributed by atoms with E-state index in [9.17, 15) is 9.18 Å². The highest BCUT2D eigenvalue weighted by atomic mass is 19.1. The van der Waals surface area contributed by atoms with Gasteiger partial charge in [0, 0.05) is 11.7 Å². The molecule has 1 saturated carbocycles. The minimum absolute atomic E-state index is 0.153. The standard InChI is InChI=1S/C20H23FN2O/c1-13-8-11-17(12-18(13)21)23-20(24)14(2)22-19(16-9-10-16)15-6-4-3-5-7-15/h3-8,11-12,14,16,19,22H,9-10H2,1-2H3,(H,23,24)/t14-,19+/m1/s1. The summed E-state index contributed by atoms with van der Waals surface area (Å²) in [7, 11) is 0. The van der Waals surface area contributed by atoms with E-state index in [-0.39, 0.29) is 23.8 Å². The Morgan fingerprint density at radius 1 is 1.17 bits per heavy atom. The smallest absolute Gasteiger partial charge is 0.241 e. The van der Waals surface area contributed by atoms with Gasteiger partial charge in [0.15, 0.2) is 0 Å². The van der Waals surface area contributed by atoms with E-state index in [0.29, 0.717) is 17.2 Å². The Morgan fingerprint density at radius 3 is 2.50 bits per heavy atom. The van der Waals surface area contributed by atoms with Gasteiger partial charge in [-0.25, -0.2) is 4.39 Å². The van der Waals surface area contributed by atoms with E-state index in [2.05, 4.69) is 22.8 Å². The van der Waals surface area contributed by atoms with Crippen molar-refractivity contribution in [2.24, 2.45) is 5.92 Å². The maximum absolute atomic E-state index is 13.6. The fraction of sp³-hybridized carbons (Fsp3) is 0.350. The number of aryl methyl sites for hydroxylation is 1. The summed E-state index contributed by atoms with van der Waals surface area (Å²) in [6.07, 6.45) is 2.37. The van der Waals surface area contributed by atoms with Crippen LogP contribution in [0.2, 0.25) is 0 Å². The second-order valence-corrected chi connectivity index (χ2v) is 6.57. The van der Waals surface area contributed by atoms with E-state index in [1.807, 2.05) is 25.1 Å². The molecule has 1 aliphatic rings.